The van der Waals surface area contributed by atoms with Gasteiger partial charge in [-0.05, 0) is 49.4 Å². The first-order valence-corrected chi connectivity index (χ1v) is 7.53. The van der Waals surface area contributed by atoms with Crippen LogP contribution in [0.2, 0.25) is 5.02 Å². The Kier molecular flexibility index (Phi) is 4.89. The van der Waals surface area contributed by atoms with Crippen molar-refractivity contribution >= 4 is 27.5 Å². The van der Waals surface area contributed by atoms with Gasteiger partial charge in [0.05, 0.1) is 0 Å². The second-order valence-corrected chi connectivity index (χ2v) is 6.21. The number of hydrogen-bond donors (Lipinski definition) is 1. The van der Waals surface area contributed by atoms with Crippen molar-refractivity contribution in [2.45, 2.75) is 38.6 Å². The van der Waals surface area contributed by atoms with Crippen LogP contribution in [0.1, 0.15) is 31.7 Å². The van der Waals surface area contributed by atoms with Gasteiger partial charge < -0.3 is 5.32 Å². The first-order valence-electron chi connectivity index (χ1n) is 6.36. The second-order valence-electron chi connectivity index (χ2n) is 4.89. The van der Waals surface area contributed by atoms with E-state index < -0.39 is 0 Å². The first-order chi connectivity index (χ1) is 8.19. The van der Waals surface area contributed by atoms with Crippen LogP contribution in [-0.2, 0) is 6.42 Å². The van der Waals surface area contributed by atoms with Crippen LogP contribution < -0.4 is 5.32 Å². The molecule has 0 bridgehead atoms. The Balaban J connectivity index is 2.00. The van der Waals surface area contributed by atoms with E-state index in [1.165, 1.54) is 24.8 Å². The second kappa shape index (κ2) is 6.21. The smallest absolute Gasteiger partial charge is 0.0449 e. The van der Waals surface area contributed by atoms with Gasteiger partial charge in [0.15, 0.2) is 0 Å². The summed E-state index contributed by atoms with van der Waals surface area (Å²) < 4.78 is 1.05. The highest BCUT2D eigenvalue weighted by Crippen LogP contribution is 2.26. The largest absolute Gasteiger partial charge is 0.314 e. The van der Waals surface area contributed by atoms with Crippen LogP contribution in [0.25, 0.3) is 0 Å². The summed E-state index contributed by atoms with van der Waals surface area (Å²) in [6, 6.07) is 6.77. The molecule has 0 aliphatic carbocycles. The lowest BCUT2D eigenvalue weighted by molar-refractivity contribution is 0.294. The molecule has 1 aliphatic rings. The van der Waals surface area contributed by atoms with E-state index in [-0.39, 0.29) is 0 Å². The van der Waals surface area contributed by atoms with Crippen molar-refractivity contribution in [1.82, 2.24) is 5.32 Å². The number of hydrogen-bond acceptors (Lipinski definition) is 1. The maximum atomic E-state index is 6.26. The molecule has 1 N–H and O–H groups in total. The molecule has 1 aromatic rings. The fraction of sp³-hybridized carbons (Fsp3) is 0.571. The quantitative estimate of drug-likeness (QED) is 0.870. The molecule has 0 amide bonds. The summed E-state index contributed by atoms with van der Waals surface area (Å²) in [5, 5.41) is 4.48. The minimum atomic E-state index is 0.590. The average molecular weight is 317 g/mol. The first kappa shape index (κ1) is 13.4. The van der Waals surface area contributed by atoms with Crippen LogP contribution in [-0.4, -0.2) is 12.6 Å². The van der Waals surface area contributed by atoms with E-state index in [4.69, 9.17) is 11.6 Å². The van der Waals surface area contributed by atoms with Crippen LogP contribution in [0.3, 0.4) is 0 Å². The van der Waals surface area contributed by atoms with Gasteiger partial charge in [-0.2, -0.15) is 0 Å². The Labute approximate surface area is 117 Å². The molecule has 0 aromatic heterocycles. The Morgan fingerprint density at radius 3 is 3.00 bits per heavy atom. The maximum Gasteiger partial charge on any atom is 0.0449 e. The number of halogens is 2. The lowest BCUT2D eigenvalue weighted by Gasteiger charge is -2.30. The molecule has 1 fully saturated rings. The minimum absolute atomic E-state index is 0.590. The monoisotopic (exact) mass is 315 g/mol. The Morgan fingerprint density at radius 1 is 1.47 bits per heavy atom. The van der Waals surface area contributed by atoms with E-state index in [2.05, 4.69) is 40.3 Å². The van der Waals surface area contributed by atoms with Crippen molar-refractivity contribution < 1.29 is 0 Å². The molecular weight excluding hydrogens is 298 g/mol. The fourth-order valence-electron chi connectivity index (χ4n) is 2.57. The Morgan fingerprint density at radius 2 is 2.29 bits per heavy atom. The van der Waals surface area contributed by atoms with Crippen molar-refractivity contribution in [2.24, 2.45) is 5.92 Å². The van der Waals surface area contributed by atoms with Crippen LogP contribution in [0.4, 0.5) is 0 Å². The van der Waals surface area contributed by atoms with E-state index >= 15 is 0 Å². The summed E-state index contributed by atoms with van der Waals surface area (Å²) in [5.74, 6) is 0.885. The Bertz CT molecular complexity index is 380. The lowest BCUT2D eigenvalue weighted by Crippen LogP contribution is -2.39. The van der Waals surface area contributed by atoms with Crippen molar-refractivity contribution in [1.29, 1.82) is 0 Å². The third-order valence-electron chi connectivity index (χ3n) is 3.66. The molecule has 0 saturated carbocycles. The van der Waals surface area contributed by atoms with E-state index in [0.29, 0.717) is 6.04 Å². The van der Waals surface area contributed by atoms with Crippen molar-refractivity contribution in [3.05, 3.63) is 33.3 Å². The molecule has 3 heteroatoms. The standard InChI is InChI=1S/C14H19BrClN/c1-2-10-5-6-17-13(7-10)8-11-3-4-12(15)9-14(11)16/h3-4,9-10,13,17H,2,5-8H2,1H3. The normalized spacial score (nSPS) is 24.9. The summed E-state index contributed by atoms with van der Waals surface area (Å²) in [7, 11) is 0. The van der Waals surface area contributed by atoms with Gasteiger partial charge in [0, 0.05) is 15.5 Å². The van der Waals surface area contributed by atoms with Crippen LogP contribution in [0.15, 0.2) is 22.7 Å². The van der Waals surface area contributed by atoms with E-state index in [9.17, 15) is 0 Å². The summed E-state index contributed by atoms with van der Waals surface area (Å²) >= 11 is 9.70. The van der Waals surface area contributed by atoms with Crippen molar-refractivity contribution in [3.63, 3.8) is 0 Å². The van der Waals surface area contributed by atoms with Gasteiger partial charge in [0.1, 0.15) is 0 Å². The number of benzene rings is 1. The molecule has 2 atom stereocenters. The molecule has 17 heavy (non-hydrogen) atoms. The van der Waals surface area contributed by atoms with Crippen molar-refractivity contribution in [2.75, 3.05) is 6.54 Å². The molecule has 1 aliphatic heterocycles. The lowest BCUT2D eigenvalue weighted by atomic mass is 9.88. The number of nitrogens with one attached hydrogen (secondary N) is 1. The zero-order valence-electron chi connectivity index (χ0n) is 10.2. The predicted octanol–water partition coefficient (Wildman–Crippen LogP) is 4.42. The maximum absolute atomic E-state index is 6.26. The summed E-state index contributed by atoms with van der Waals surface area (Å²) in [6.45, 7) is 3.44. The van der Waals surface area contributed by atoms with Crippen LogP contribution in [0.5, 0.6) is 0 Å². The summed E-state index contributed by atoms with van der Waals surface area (Å²) in [6.07, 6.45) is 4.94. The molecular formula is C14H19BrClN. The fourth-order valence-corrected chi connectivity index (χ4v) is 3.32. The third-order valence-corrected chi connectivity index (χ3v) is 4.51. The zero-order valence-corrected chi connectivity index (χ0v) is 12.5. The molecule has 0 spiro atoms. The average Bonchev–Trinajstić information content (AvgIpc) is 2.33. The number of rotatable bonds is 3. The Hall–Kier alpha value is -0.0500. The van der Waals surface area contributed by atoms with E-state index in [1.54, 1.807) is 0 Å². The van der Waals surface area contributed by atoms with Gasteiger partial charge in [-0.15, -0.1) is 0 Å². The minimum Gasteiger partial charge on any atom is -0.314 e. The zero-order chi connectivity index (χ0) is 12.3. The van der Waals surface area contributed by atoms with Gasteiger partial charge in [-0.1, -0.05) is 46.9 Å². The van der Waals surface area contributed by atoms with Crippen molar-refractivity contribution in [3.8, 4) is 0 Å². The third kappa shape index (κ3) is 3.70. The molecule has 94 valence electrons. The molecule has 1 aromatic carbocycles. The highest BCUT2D eigenvalue weighted by Gasteiger charge is 2.20. The molecule has 0 radical (unpaired) electrons. The highest BCUT2D eigenvalue weighted by atomic mass is 79.9. The molecule has 2 unspecified atom stereocenters. The van der Waals surface area contributed by atoms with E-state index in [0.717, 1.165) is 28.4 Å². The molecule has 1 heterocycles. The van der Waals surface area contributed by atoms with Crippen LogP contribution in [0, 0.1) is 5.92 Å². The SMILES string of the molecule is CCC1CCNC(Cc2ccc(Br)cc2Cl)C1. The van der Waals surface area contributed by atoms with Gasteiger partial charge in [-0.3, -0.25) is 0 Å². The van der Waals surface area contributed by atoms with Gasteiger partial charge in [0.2, 0.25) is 0 Å². The highest BCUT2D eigenvalue weighted by molar-refractivity contribution is 9.10. The van der Waals surface area contributed by atoms with Crippen LogP contribution >= 0.6 is 27.5 Å². The molecule has 1 saturated heterocycles. The summed E-state index contributed by atoms with van der Waals surface area (Å²) in [5.41, 5.74) is 1.25. The molecule has 1 nitrogen and oxygen atoms in total. The summed E-state index contributed by atoms with van der Waals surface area (Å²) in [4.78, 5) is 0. The predicted molar refractivity (Wildman–Crippen MR) is 77.7 cm³/mol. The van der Waals surface area contributed by atoms with Gasteiger partial charge in [0.25, 0.3) is 0 Å². The van der Waals surface area contributed by atoms with E-state index in [1.807, 2.05) is 6.07 Å². The van der Waals surface area contributed by atoms with Gasteiger partial charge >= 0.3 is 0 Å². The number of piperidine rings is 1. The molecule has 2 rings (SSSR count). The topological polar surface area (TPSA) is 12.0 Å². The van der Waals surface area contributed by atoms with Gasteiger partial charge in [-0.25, -0.2) is 0 Å².